The van der Waals surface area contributed by atoms with Crippen LogP contribution in [0.2, 0.25) is 0 Å². The first-order chi connectivity index (χ1) is 9.19. The van der Waals surface area contributed by atoms with Crippen LogP contribution in [-0.4, -0.2) is 22.2 Å². The normalized spacial score (nSPS) is 10.8. The number of nitrogens with one attached hydrogen (secondary N) is 1. The second-order valence-electron chi connectivity index (χ2n) is 4.46. The lowest BCUT2D eigenvalue weighted by atomic mass is 10.2. The van der Waals surface area contributed by atoms with Crippen molar-refractivity contribution in [2.24, 2.45) is 0 Å². The van der Waals surface area contributed by atoms with Crippen molar-refractivity contribution in [1.82, 2.24) is 9.97 Å². The molecular weight excluding hydrogens is 240 g/mol. The fraction of sp³-hybridized carbons (Fsp3) is 0.133. The first kappa shape index (κ1) is 11.6. The fourth-order valence-electron chi connectivity index (χ4n) is 2.13. The predicted octanol–water partition coefficient (Wildman–Crippen LogP) is 3.25. The molecular formula is C15H14N2O2. The van der Waals surface area contributed by atoms with Gasteiger partial charge in [0.1, 0.15) is 5.82 Å². The predicted molar refractivity (Wildman–Crippen MR) is 74.5 cm³/mol. The number of hydrogen-bond donors (Lipinski definition) is 2. The third-order valence-electron chi connectivity index (χ3n) is 3.11. The summed E-state index contributed by atoms with van der Waals surface area (Å²) >= 11 is 0. The van der Waals surface area contributed by atoms with Crippen LogP contribution in [-0.2, 0) is 0 Å². The molecule has 3 aromatic rings. The molecule has 0 bridgehead atoms. The second-order valence-corrected chi connectivity index (χ2v) is 4.46. The van der Waals surface area contributed by atoms with Crippen LogP contribution >= 0.6 is 0 Å². The number of methoxy groups -OCH3 is 1. The molecule has 0 amide bonds. The molecule has 0 radical (unpaired) electrons. The van der Waals surface area contributed by atoms with E-state index < -0.39 is 0 Å². The highest BCUT2D eigenvalue weighted by Crippen LogP contribution is 2.36. The summed E-state index contributed by atoms with van der Waals surface area (Å²) in [6.45, 7) is 2.03. The molecule has 2 aromatic carbocycles. The van der Waals surface area contributed by atoms with Gasteiger partial charge in [-0.05, 0) is 36.8 Å². The van der Waals surface area contributed by atoms with E-state index in [1.165, 1.54) is 7.11 Å². The first-order valence-corrected chi connectivity index (χ1v) is 6.02. The van der Waals surface area contributed by atoms with E-state index in [0.717, 1.165) is 16.6 Å². The number of aromatic hydroxyl groups is 1. The van der Waals surface area contributed by atoms with E-state index in [-0.39, 0.29) is 5.75 Å². The maximum atomic E-state index is 10.1. The molecule has 19 heavy (non-hydrogen) atoms. The maximum Gasteiger partial charge on any atom is 0.168 e. The number of ether oxygens (including phenoxy) is 1. The third kappa shape index (κ3) is 1.91. The van der Waals surface area contributed by atoms with Crippen LogP contribution in [0.3, 0.4) is 0 Å². The van der Waals surface area contributed by atoms with Gasteiger partial charge in [0.2, 0.25) is 0 Å². The number of rotatable bonds is 2. The van der Waals surface area contributed by atoms with Gasteiger partial charge in [0.25, 0.3) is 0 Å². The second kappa shape index (κ2) is 4.31. The zero-order chi connectivity index (χ0) is 13.4. The van der Waals surface area contributed by atoms with Crippen molar-refractivity contribution in [3.05, 3.63) is 42.0 Å². The molecule has 0 aliphatic carbocycles. The molecule has 0 atom stereocenters. The molecule has 0 aliphatic rings. The van der Waals surface area contributed by atoms with E-state index in [0.29, 0.717) is 17.1 Å². The number of nitrogens with zero attached hydrogens (tertiary/aromatic N) is 1. The van der Waals surface area contributed by atoms with Crippen molar-refractivity contribution in [1.29, 1.82) is 0 Å². The highest BCUT2D eigenvalue weighted by Gasteiger charge is 2.12. The van der Waals surface area contributed by atoms with Crippen molar-refractivity contribution in [2.45, 2.75) is 6.92 Å². The molecule has 0 spiro atoms. The average Bonchev–Trinajstić information content (AvgIpc) is 2.81. The number of aromatic nitrogens is 2. The van der Waals surface area contributed by atoms with E-state index in [4.69, 9.17) is 4.74 Å². The minimum atomic E-state index is 0.0979. The Morgan fingerprint density at radius 1 is 1.21 bits per heavy atom. The van der Waals surface area contributed by atoms with Crippen LogP contribution in [0.4, 0.5) is 0 Å². The summed E-state index contributed by atoms with van der Waals surface area (Å²) < 4.78 is 5.11. The number of H-pyrrole nitrogens is 1. The average molecular weight is 254 g/mol. The molecule has 2 N–H and O–H groups in total. The van der Waals surface area contributed by atoms with Crippen molar-refractivity contribution in [3.63, 3.8) is 0 Å². The minimum absolute atomic E-state index is 0.0979. The Labute approximate surface area is 110 Å². The van der Waals surface area contributed by atoms with Crippen LogP contribution in [0.5, 0.6) is 11.5 Å². The smallest absolute Gasteiger partial charge is 0.168 e. The van der Waals surface area contributed by atoms with Crippen LogP contribution < -0.4 is 4.74 Å². The summed E-state index contributed by atoms with van der Waals surface area (Å²) in [6.07, 6.45) is 0. The van der Waals surface area contributed by atoms with Crippen LogP contribution in [0, 0.1) is 6.92 Å². The van der Waals surface area contributed by atoms with Crippen molar-refractivity contribution in [2.75, 3.05) is 7.11 Å². The monoisotopic (exact) mass is 254 g/mol. The van der Waals surface area contributed by atoms with Crippen LogP contribution in [0.25, 0.3) is 22.4 Å². The summed E-state index contributed by atoms with van der Waals surface area (Å²) in [5.41, 5.74) is 3.63. The van der Waals surface area contributed by atoms with E-state index in [1.807, 2.05) is 37.3 Å². The van der Waals surface area contributed by atoms with Gasteiger partial charge in [0.05, 0.1) is 23.7 Å². The lowest BCUT2D eigenvalue weighted by Crippen LogP contribution is -1.87. The summed E-state index contributed by atoms with van der Waals surface area (Å²) in [6, 6.07) is 11.4. The molecule has 0 aliphatic heterocycles. The van der Waals surface area contributed by atoms with Gasteiger partial charge < -0.3 is 14.8 Å². The zero-order valence-corrected chi connectivity index (χ0v) is 10.8. The van der Waals surface area contributed by atoms with Gasteiger partial charge in [0.15, 0.2) is 11.5 Å². The number of phenols is 1. The molecule has 4 nitrogen and oxygen atoms in total. The SMILES string of the molecule is COc1cccc(-c2nc3ccc(C)cc3[nH]2)c1O. The third-order valence-corrected chi connectivity index (χ3v) is 3.11. The lowest BCUT2D eigenvalue weighted by Gasteiger charge is -2.06. The van der Waals surface area contributed by atoms with Gasteiger partial charge in [-0.2, -0.15) is 0 Å². The summed E-state index contributed by atoms with van der Waals surface area (Å²) in [5.74, 6) is 1.17. The summed E-state index contributed by atoms with van der Waals surface area (Å²) in [4.78, 5) is 7.71. The van der Waals surface area contributed by atoms with Gasteiger partial charge in [-0.25, -0.2) is 4.98 Å². The topological polar surface area (TPSA) is 58.1 Å². The highest BCUT2D eigenvalue weighted by molar-refractivity contribution is 5.81. The van der Waals surface area contributed by atoms with E-state index in [1.54, 1.807) is 6.07 Å². The number of aryl methyl sites for hydroxylation is 1. The number of hydrogen-bond acceptors (Lipinski definition) is 3. The first-order valence-electron chi connectivity index (χ1n) is 6.02. The van der Waals surface area contributed by atoms with Crippen LogP contribution in [0.1, 0.15) is 5.56 Å². The van der Waals surface area contributed by atoms with Crippen molar-refractivity contribution < 1.29 is 9.84 Å². The van der Waals surface area contributed by atoms with E-state index in [2.05, 4.69) is 9.97 Å². The molecule has 96 valence electrons. The summed E-state index contributed by atoms with van der Waals surface area (Å²) in [7, 11) is 1.53. The molecule has 0 unspecified atom stereocenters. The highest BCUT2D eigenvalue weighted by atomic mass is 16.5. The summed E-state index contributed by atoms with van der Waals surface area (Å²) in [5, 5.41) is 10.1. The van der Waals surface area contributed by atoms with E-state index >= 15 is 0 Å². The lowest BCUT2D eigenvalue weighted by molar-refractivity contribution is 0.374. The molecule has 0 saturated heterocycles. The Morgan fingerprint density at radius 3 is 2.84 bits per heavy atom. The Kier molecular flexibility index (Phi) is 2.63. The van der Waals surface area contributed by atoms with E-state index in [9.17, 15) is 5.11 Å². The van der Waals surface area contributed by atoms with Crippen LogP contribution in [0.15, 0.2) is 36.4 Å². The largest absolute Gasteiger partial charge is 0.504 e. The Hall–Kier alpha value is -2.49. The molecule has 0 saturated carbocycles. The minimum Gasteiger partial charge on any atom is -0.504 e. The number of imidazole rings is 1. The van der Waals surface area contributed by atoms with Gasteiger partial charge in [-0.3, -0.25) is 0 Å². The number of benzene rings is 2. The van der Waals surface area contributed by atoms with Gasteiger partial charge in [0, 0.05) is 0 Å². The van der Waals surface area contributed by atoms with Gasteiger partial charge in [-0.1, -0.05) is 12.1 Å². The number of para-hydroxylation sites is 1. The zero-order valence-electron chi connectivity index (χ0n) is 10.8. The number of phenolic OH excluding ortho intramolecular Hbond substituents is 1. The molecule has 4 heteroatoms. The molecule has 1 heterocycles. The Balaban J connectivity index is 2.19. The molecule has 3 rings (SSSR count). The fourth-order valence-corrected chi connectivity index (χ4v) is 2.13. The van der Waals surface area contributed by atoms with Crippen molar-refractivity contribution in [3.8, 4) is 22.9 Å². The number of aromatic amines is 1. The van der Waals surface area contributed by atoms with Crippen molar-refractivity contribution >= 4 is 11.0 Å². The standard InChI is InChI=1S/C15H14N2O2/c1-9-6-7-11-12(8-9)17-15(16-11)10-4-3-5-13(19-2)14(10)18/h3-8,18H,1-2H3,(H,16,17). The molecule has 0 fully saturated rings. The quantitative estimate of drug-likeness (QED) is 0.738. The maximum absolute atomic E-state index is 10.1. The number of fused-ring (bicyclic) bond motifs is 1. The molecule has 1 aromatic heterocycles. The van der Waals surface area contributed by atoms with Gasteiger partial charge in [-0.15, -0.1) is 0 Å². The Bertz CT molecular complexity index is 747. The van der Waals surface area contributed by atoms with Gasteiger partial charge >= 0.3 is 0 Å². The Morgan fingerprint density at radius 2 is 2.05 bits per heavy atom.